The van der Waals surface area contributed by atoms with E-state index in [4.69, 9.17) is 87.0 Å². The Balaban J connectivity index is 1.93. The normalized spacial score (nSPS) is 14.5. The Hall–Kier alpha value is -2.16. The molecule has 18 heteroatoms. The zero-order valence-corrected chi connectivity index (χ0v) is 20.6. The number of hydrogen-bond acceptors (Lipinski definition) is 4. The number of halogens is 3. The summed E-state index contributed by atoms with van der Waals surface area (Å²) in [7, 11) is 52.3. The smallest absolute Gasteiger partial charge is 0.265 e. The summed E-state index contributed by atoms with van der Waals surface area (Å²) in [6.45, 7) is -0.684. The van der Waals surface area contributed by atoms with Crippen LogP contribution >= 0.6 is 11.6 Å². The average Bonchev–Trinajstić information content (AvgIpc) is 2.71. The van der Waals surface area contributed by atoms with Crippen molar-refractivity contribution in [2.45, 2.75) is 28.3 Å². The largest absolute Gasteiger partial charge is 0.466 e. The van der Waals surface area contributed by atoms with Crippen LogP contribution in [0.4, 0.5) is 20.3 Å². The third-order valence-electron chi connectivity index (χ3n) is 6.01. The Labute approximate surface area is 236 Å². The second-order valence-corrected chi connectivity index (χ2v) is 9.53. The summed E-state index contributed by atoms with van der Waals surface area (Å²) in [5.41, 5.74) is -2.18. The molecule has 0 bridgehead atoms. The van der Waals surface area contributed by atoms with Gasteiger partial charge >= 0.3 is 0 Å². The predicted octanol–water partition coefficient (Wildman–Crippen LogP) is -0.00860. The molecule has 18 radical (unpaired) electrons. The van der Waals surface area contributed by atoms with Crippen molar-refractivity contribution in [3.63, 3.8) is 0 Å². The summed E-state index contributed by atoms with van der Waals surface area (Å²) < 4.78 is 32.6. The first-order chi connectivity index (χ1) is 17.3. The Morgan fingerprint density at radius 2 is 1.50 bits per heavy atom. The van der Waals surface area contributed by atoms with Gasteiger partial charge in [0.1, 0.15) is 17.3 Å². The van der Waals surface area contributed by atoms with E-state index in [1.807, 2.05) is 0 Å². The fourth-order valence-electron chi connectivity index (χ4n) is 4.25. The maximum Gasteiger partial charge on any atom is 0.265 e. The van der Waals surface area contributed by atoms with Crippen LogP contribution in [-0.2, 0) is 16.1 Å². The van der Waals surface area contributed by atoms with Crippen LogP contribution in [0.3, 0.4) is 0 Å². The van der Waals surface area contributed by atoms with E-state index in [2.05, 4.69) is 10.3 Å². The lowest BCUT2D eigenvalue weighted by Gasteiger charge is -2.65. The first-order valence-corrected chi connectivity index (χ1v) is 11.1. The maximum atomic E-state index is 13.6. The van der Waals surface area contributed by atoms with Gasteiger partial charge in [-0.1, -0.05) is 17.0 Å². The van der Waals surface area contributed by atoms with Gasteiger partial charge in [0.15, 0.2) is 12.4 Å². The van der Waals surface area contributed by atoms with Crippen molar-refractivity contribution < 1.29 is 23.1 Å². The van der Waals surface area contributed by atoms with Crippen LogP contribution in [0.15, 0.2) is 24.3 Å². The van der Waals surface area contributed by atoms with Gasteiger partial charge in [0, 0.05) is 12.5 Å². The Morgan fingerprint density at radius 1 is 0.974 bits per heavy atom. The number of ether oxygens (including phenoxy) is 1. The lowest BCUT2D eigenvalue weighted by atomic mass is 9.09. The topological polar surface area (TPSA) is 71.5 Å². The molecule has 3 rings (SSSR count). The van der Waals surface area contributed by atoms with E-state index in [0.717, 1.165) is 17.0 Å². The van der Waals surface area contributed by atoms with Crippen LogP contribution in [0, 0.1) is 17.0 Å². The molecule has 0 aliphatic carbocycles. The number of benzene rings is 1. The lowest BCUT2D eigenvalue weighted by molar-refractivity contribution is -0.121. The van der Waals surface area contributed by atoms with Crippen LogP contribution in [0.2, 0.25) is 20.4 Å². The summed E-state index contributed by atoms with van der Waals surface area (Å²) in [6, 6.07) is 4.06. The number of rotatable bonds is 8. The number of anilines is 2. The van der Waals surface area contributed by atoms with E-state index in [0.29, 0.717) is 6.07 Å². The molecule has 2 heterocycles. The van der Waals surface area contributed by atoms with Crippen molar-refractivity contribution >= 4 is 106 Å². The Morgan fingerprint density at radius 3 is 2.00 bits per heavy atom. The molecule has 0 spiro atoms. The van der Waals surface area contributed by atoms with Gasteiger partial charge in [-0.2, -0.15) is 4.98 Å². The first-order valence-electron chi connectivity index (χ1n) is 10.8. The van der Waals surface area contributed by atoms with Crippen molar-refractivity contribution in [3.05, 3.63) is 46.5 Å². The van der Waals surface area contributed by atoms with Crippen LogP contribution in [0.25, 0.3) is 0 Å². The highest BCUT2D eigenvalue weighted by Gasteiger charge is 2.54. The maximum absolute atomic E-state index is 13.6. The van der Waals surface area contributed by atoms with Gasteiger partial charge in [-0.15, -0.1) is 15.3 Å². The van der Waals surface area contributed by atoms with Gasteiger partial charge in [-0.3, -0.25) is 9.59 Å². The molecule has 0 saturated carbocycles. The minimum absolute atomic E-state index is 0.0722. The Bertz CT molecular complexity index is 1210. The van der Waals surface area contributed by atoms with E-state index in [-0.39, 0.29) is 34.5 Å². The number of carbonyl (C=O) groups is 2. The van der Waals surface area contributed by atoms with Gasteiger partial charge in [0.2, 0.25) is 11.8 Å². The van der Waals surface area contributed by atoms with Crippen molar-refractivity contribution in [2.24, 2.45) is 5.41 Å². The van der Waals surface area contributed by atoms with Gasteiger partial charge in [0.25, 0.3) is 5.91 Å². The zero-order chi connectivity index (χ0) is 28.8. The SMILES string of the molecule is [B]C([B])([B])C(CC(=O)Nc1nc2c(cc1Cl)N(Cc1cc(F)cc(F)c1)C(=O)CO2)(C([B])([B])[B])C([B])([B])[B]. The first kappa shape index (κ1) is 30.4. The standard InChI is InChI=1S/C20H11B9ClF2N3O3/c21-18(22,23)17(19(24,25)26,20(27,28)29)5-13(36)33-15-11(30)4-12-16(34-15)38-7-14(37)35(12)6-8-1-9(31)3-10(32)2-8/h1-4H,5-7H2,(H,33,34,36). The van der Waals surface area contributed by atoms with Crippen LogP contribution in [0.1, 0.15) is 12.0 Å². The predicted molar refractivity (Wildman–Crippen MR) is 148 cm³/mol. The fraction of sp³-hybridized carbons (Fsp3) is 0.350. The lowest BCUT2D eigenvalue weighted by Crippen LogP contribution is -2.58. The fourth-order valence-corrected chi connectivity index (χ4v) is 4.44. The second-order valence-electron chi connectivity index (χ2n) is 9.12. The highest BCUT2D eigenvalue weighted by Crippen LogP contribution is 2.63. The molecular weight excluding hydrogens is 501 g/mol. The molecular formula is C20H11B9ClF2N3O3. The number of hydrogen-bond donors (Lipinski definition) is 1. The summed E-state index contributed by atoms with van der Waals surface area (Å²) in [5.74, 6) is -3.52. The van der Waals surface area contributed by atoms with Crippen LogP contribution in [0.5, 0.6) is 5.88 Å². The monoisotopic (exact) mass is 513 g/mol. The number of aromatic nitrogens is 1. The Kier molecular flexibility index (Phi) is 8.34. The van der Waals surface area contributed by atoms with Crippen molar-refractivity contribution in [2.75, 3.05) is 16.8 Å². The number of pyridine rings is 1. The van der Waals surface area contributed by atoms with Gasteiger partial charge in [-0.25, -0.2) is 8.78 Å². The summed E-state index contributed by atoms with van der Waals surface area (Å²) in [5, 5.41) is -5.21. The molecule has 1 aliphatic rings. The average molecular weight is 512 g/mol. The van der Waals surface area contributed by atoms with E-state index < -0.39 is 57.2 Å². The number of nitrogens with zero attached hydrogens (tertiary/aromatic N) is 2. The highest BCUT2D eigenvalue weighted by molar-refractivity contribution is 6.69. The van der Waals surface area contributed by atoms with Crippen molar-refractivity contribution in [1.82, 2.24) is 4.98 Å². The molecule has 38 heavy (non-hydrogen) atoms. The second kappa shape index (κ2) is 10.4. The molecule has 0 saturated heterocycles. The molecule has 1 aromatic carbocycles. The minimum Gasteiger partial charge on any atom is -0.466 e. The quantitative estimate of drug-likeness (QED) is 0.506. The van der Waals surface area contributed by atoms with Crippen molar-refractivity contribution in [3.8, 4) is 5.88 Å². The number of amides is 2. The molecule has 2 aromatic rings. The molecule has 6 nitrogen and oxygen atoms in total. The number of nitrogens with one attached hydrogen (secondary N) is 1. The summed E-state index contributed by atoms with van der Waals surface area (Å²) in [6.07, 6.45) is -0.894. The molecule has 1 N–H and O–H groups in total. The third-order valence-corrected chi connectivity index (χ3v) is 6.30. The zero-order valence-electron chi connectivity index (χ0n) is 19.9. The van der Waals surface area contributed by atoms with E-state index in [1.54, 1.807) is 0 Å². The third kappa shape index (κ3) is 5.87. The minimum atomic E-state index is -2.46. The van der Waals surface area contributed by atoms with E-state index in [9.17, 15) is 18.4 Å². The molecule has 1 aromatic heterocycles. The van der Waals surface area contributed by atoms with Gasteiger partial charge in [0.05, 0.1) is 82.2 Å². The number of fused-ring (bicyclic) bond motifs is 1. The summed E-state index contributed by atoms with van der Waals surface area (Å²) >= 11 is 6.30. The van der Waals surface area contributed by atoms with E-state index >= 15 is 0 Å². The molecule has 1 aliphatic heterocycles. The summed E-state index contributed by atoms with van der Waals surface area (Å²) in [4.78, 5) is 30.8. The molecule has 2 amide bonds. The molecule has 0 unspecified atom stereocenters. The number of carbonyl (C=O) groups excluding carboxylic acids is 2. The molecule has 0 fully saturated rings. The van der Waals surface area contributed by atoms with Crippen LogP contribution in [-0.4, -0.2) is 94.0 Å². The van der Waals surface area contributed by atoms with Crippen LogP contribution < -0.4 is 15.0 Å². The molecule has 172 valence electrons. The van der Waals surface area contributed by atoms with Gasteiger partial charge < -0.3 is 15.0 Å². The van der Waals surface area contributed by atoms with Crippen molar-refractivity contribution in [1.29, 1.82) is 0 Å². The molecule has 0 atom stereocenters. The van der Waals surface area contributed by atoms with Gasteiger partial charge in [-0.05, 0) is 23.8 Å². The highest BCUT2D eigenvalue weighted by atomic mass is 35.5. The van der Waals surface area contributed by atoms with E-state index in [1.165, 1.54) is 6.07 Å².